The van der Waals surface area contributed by atoms with Crippen molar-refractivity contribution in [2.45, 2.75) is 32.1 Å². The summed E-state index contributed by atoms with van der Waals surface area (Å²) >= 11 is 0. The fraction of sp³-hybridized carbons (Fsp3) is 0.421. The maximum atomic E-state index is 5.26. The molecule has 0 spiro atoms. The van der Waals surface area contributed by atoms with Gasteiger partial charge in [0.2, 0.25) is 0 Å². The summed E-state index contributed by atoms with van der Waals surface area (Å²) in [5.41, 5.74) is 2.10. The molecule has 1 fully saturated rings. The molecule has 3 aromatic rings. The zero-order chi connectivity index (χ0) is 17.1. The Bertz CT molecular complexity index is 837. The Morgan fingerprint density at radius 1 is 1.12 bits per heavy atom. The lowest BCUT2D eigenvalue weighted by molar-refractivity contribution is 0.373. The fourth-order valence-electron chi connectivity index (χ4n) is 3.56. The van der Waals surface area contributed by atoms with Gasteiger partial charge in [-0.05, 0) is 36.5 Å². The zero-order valence-corrected chi connectivity index (χ0v) is 14.5. The first-order valence-electron chi connectivity index (χ1n) is 8.92. The molecular formula is C19H23N5O. The van der Waals surface area contributed by atoms with Gasteiger partial charge in [-0.1, -0.05) is 31.4 Å². The maximum absolute atomic E-state index is 5.26. The van der Waals surface area contributed by atoms with Gasteiger partial charge in [0, 0.05) is 18.3 Å². The molecule has 2 aromatic heterocycles. The number of fused-ring (bicyclic) bond motifs is 1. The summed E-state index contributed by atoms with van der Waals surface area (Å²) in [5, 5.41) is 7.99. The molecule has 0 saturated heterocycles. The van der Waals surface area contributed by atoms with Gasteiger partial charge in [-0.15, -0.1) is 0 Å². The van der Waals surface area contributed by atoms with E-state index in [1.165, 1.54) is 32.1 Å². The molecule has 4 rings (SSSR count). The molecular weight excluding hydrogens is 314 g/mol. The fourth-order valence-corrected chi connectivity index (χ4v) is 3.56. The van der Waals surface area contributed by atoms with E-state index in [1.54, 1.807) is 18.0 Å². The van der Waals surface area contributed by atoms with Crippen LogP contribution in [0.5, 0.6) is 5.75 Å². The number of hydrogen-bond donors (Lipinski definition) is 1. The second-order valence-electron chi connectivity index (χ2n) is 6.61. The van der Waals surface area contributed by atoms with Crippen molar-refractivity contribution in [1.82, 2.24) is 19.6 Å². The largest absolute Gasteiger partial charge is 0.497 e. The highest BCUT2D eigenvalue weighted by Gasteiger charge is 2.17. The highest BCUT2D eigenvalue weighted by Crippen LogP contribution is 2.30. The van der Waals surface area contributed by atoms with Crippen LogP contribution in [0.4, 0.5) is 5.82 Å². The number of aromatic nitrogens is 4. The minimum Gasteiger partial charge on any atom is -0.497 e. The summed E-state index contributed by atoms with van der Waals surface area (Å²) in [6, 6.07) is 8.02. The van der Waals surface area contributed by atoms with Gasteiger partial charge in [-0.3, -0.25) is 0 Å². The second kappa shape index (κ2) is 7.09. The average Bonchev–Trinajstić information content (AvgIpc) is 3.16. The van der Waals surface area contributed by atoms with Gasteiger partial charge in [0.25, 0.3) is 5.78 Å². The molecule has 2 heterocycles. The van der Waals surface area contributed by atoms with E-state index in [0.717, 1.165) is 35.2 Å². The third-order valence-electron chi connectivity index (χ3n) is 4.99. The third-order valence-corrected chi connectivity index (χ3v) is 4.99. The summed E-state index contributed by atoms with van der Waals surface area (Å²) in [5.74, 6) is 3.14. The van der Waals surface area contributed by atoms with Crippen molar-refractivity contribution >= 4 is 11.6 Å². The molecule has 130 valence electrons. The van der Waals surface area contributed by atoms with E-state index >= 15 is 0 Å². The van der Waals surface area contributed by atoms with Gasteiger partial charge in [0.05, 0.1) is 7.11 Å². The summed E-state index contributed by atoms with van der Waals surface area (Å²) < 4.78 is 7.06. The van der Waals surface area contributed by atoms with E-state index in [0.29, 0.717) is 5.78 Å². The smallest absolute Gasteiger partial charge is 0.254 e. The van der Waals surface area contributed by atoms with Crippen LogP contribution >= 0.6 is 0 Å². The number of ether oxygens (including phenoxy) is 1. The molecule has 0 amide bonds. The number of hydrogen-bond acceptors (Lipinski definition) is 5. The molecule has 1 aliphatic carbocycles. The van der Waals surface area contributed by atoms with Gasteiger partial charge >= 0.3 is 0 Å². The summed E-state index contributed by atoms with van der Waals surface area (Å²) in [6.07, 6.45) is 10.1. The Morgan fingerprint density at radius 3 is 2.68 bits per heavy atom. The maximum Gasteiger partial charge on any atom is 0.254 e. The molecule has 6 nitrogen and oxygen atoms in total. The third kappa shape index (κ3) is 3.29. The predicted molar refractivity (Wildman–Crippen MR) is 97.8 cm³/mol. The van der Waals surface area contributed by atoms with Gasteiger partial charge in [0.15, 0.2) is 0 Å². The van der Waals surface area contributed by atoms with E-state index in [-0.39, 0.29) is 0 Å². The van der Waals surface area contributed by atoms with Crippen molar-refractivity contribution in [2.24, 2.45) is 5.92 Å². The summed E-state index contributed by atoms with van der Waals surface area (Å²) in [4.78, 5) is 8.65. The Hall–Kier alpha value is -2.63. The summed E-state index contributed by atoms with van der Waals surface area (Å²) in [6.45, 7) is 0.960. The van der Waals surface area contributed by atoms with Crippen molar-refractivity contribution in [3.05, 3.63) is 36.8 Å². The molecule has 0 atom stereocenters. The highest BCUT2D eigenvalue weighted by molar-refractivity contribution is 5.76. The molecule has 6 heteroatoms. The van der Waals surface area contributed by atoms with Crippen LogP contribution in [0.3, 0.4) is 0 Å². The number of nitrogens with zero attached hydrogens (tertiary/aromatic N) is 4. The minimum atomic E-state index is 0.614. The van der Waals surface area contributed by atoms with Gasteiger partial charge in [0.1, 0.15) is 17.9 Å². The number of benzene rings is 1. The van der Waals surface area contributed by atoms with Crippen LogP contribution in [0.25, 0.3) is 16.9 Å². The second-order valence-corrected chi connectivity index (χ2v) is 6.61. The number of anilines is 1. The molecule has 1 aliphatic rings. The predicted octanol–water partition coefficient (Wildman–Crippen LogP) is 3.79. The SMILES string of the molecule is COc1ccc(-c2cnc3ncnn3c2NCC2CCCCC2)cc1. The first-order chi connectivity index (χ1) is 12.3. The van der Waals surface area contributed by atoms with Crippen molar-refractivity contribution < 1.29 is 4.74 Å². The normalized spacial score (nSPS) is 15.4. The quantitative estimate of drug-likeness (QED) is 0.767. The lowest BCUT2D eigenvalue weighted by atomic mass is 9.89. The van der Waals surface area contributed by atoms with Crippen LogP contribution in [-0.2, 0) is 0 Å². The average molecular weight is 337 g/mol. The molecule has 1 aromatic carbocycles. The van der Waals surface area contributed by atoms with E-state index < -0.39 is 0 Å². The lowest BCUT2D eigenvalue weighted by Gasteiger charge is -2.23. The first-order valence-corrected chi connectivity index (χ1v) is 8.92. The van der Waals surface area contributed by atoms with Crippen LogP contribution in [-0.4, -0.2) is 33.2 Å². The zero-order valence-electron chi connectivity index (χ0n) is 14.5. The van der Waals surface area contributed by atoms with Gasteiger partial charge in [-0.25, -0.2) is 4.98 Å². The Labute approximate surface area is 147 Å². The standard InChI is InChI=1S/C19H23N5O/c1-25-16-9-7-15(8-10-16)17-12-21-19-22-13-23-24(19)18(17)20-11-14-5-3-2-4-6-14/h7-10,12-14,20H,2-6,11H2,1H3. The number of nitrogens with one attached hydrogen (secondary N) is 1. The van der Waals surface area contributed by atoms with Crippen molar-refractivity contribution in [3.8, 4) is 16.9 Å². The first kappa shape index (κ1) is 15.9. The molecule has 0 unspecified atom stereocenters. The summed E-state index contributed by atoms with van der Waals surface area (Å²) in [7, 11) is 1.68. The van der Waals surface area contributed by atoms with E-state index in [2.05, 4.69) is 20.4 Å². The van der Waals surface area contributed by atoms with Crippen molar-refractivity contribution in [3.63, 3.8) is 0 Å². The van der Waals surface area contributed by atoms with E-state index in [9.17, 15) is 0 Å². The van der Waals surface area contributed by atoms with Crippen molar-refractivity contribution in [1.29, 1.82) is 0 Å². The lowest BCUT2D eigenvalue weighted by Crippen LogP contribution is -2.19. The van der Waals surface area contributed by atoms with E-state index in [1.807, 2.05) is 30.5 Å². The minimum absolute atomic E-state index is 0.614. The Morgan fingerprint density at radius 2 is 1.92 bits per heavy atom. The highest BCUT2D eigenvalue weighted by atomic mass is 16.5. The molecule has 25 heavy (non-hydrogen) atoms. The van der Waals surface area contributed by atoms with Crippen LogP contribution in [0, 0.1) is 5.92 Å². The van der Waals surface area contributed by atoms with Crippen molar-refractivity contribution in [2.75, 3.05) is 19.0 Å². The number of methoxy groups -OCH3 is 1. The van der Waals surface area contributed by atoms with Gasteiger partial charge < -0.3 is 10.1 Å². The van der Waals surface area contributed by atoms with Crippen LogP contribution in [0.1, 0.15) is 32.1 Å². The molecule has 0 radical (unpaired) electrons. The van der Waals surface area contributed by atoms with Gasteiger partial charge in [-0.2, -0.15) is 14.6 Å². The topological polar surface area (TPSA) is 64.3 Å². The van der Waals surface area contributed by atoms with Crippen LogP contribution < -0.4 is 10.1 Å². The Balaban J connectivity index is 1.67. The monoisotopic (exact) mass is 337 g/mol. The van der Waals surface area contributed by atoms with Crippen LogP contribution in [0.2, 0.25) is 0 Å². The van der Waals surface area contributed by atoms with E-state index in [4.69, 9.17) is 4.74 Å². The Kier molecular flexibility index (Phi) is 4.50. The van der Waals surface area contributed by atoms with Crippen LogP contribution in [0.15, 0.2) is 36.8 Å². The molecule has 0 aliphatic heterocycles. The molecule has 1 saturated carbocycles. The number of rotatable bonds is 5. The molecule has 1 N–H and O–H groups in total. The molecule has 0 bridgehead atoms.